The number of nitrogens with zero attached hydrogens (tertiary/aromatic N) is 4. The fraction of sp³-hybridized carbons (Fsp3) is 0.0196. The highest BCUT2D eigenvalue weighted by molar-refractivity contribution is 7.99. The van der Waals surface area contributed by atoms with Gasteiger partial charge in [0.05, 0.1) is 39.0 Å². The van der Waals surface area contributed by atoms with Gasteiger partial charge < -0.3 is 4.90 Å². The lowest BCUT2D eigenvalue weighted by atomic mass is 9.62. The molecular weight excluding hydrogens is 701 g/mol. The van der Waals surface area contributed by atoms with E-state index in [0.717, 1.165) is 38.9 Å². The van der Waals surface area contributed by atoms with Crippen LogP contribution < -0.4 is 4.90 Å². The highest BCUT2D eigenvalue weighted by Crippen LogP contribution is 2.64. The minimum Gasteiger partial charge on any atom is -0.310 e. The fourth-order valence-corrected chi connectivity index (χ4v) is 10.7. The highest BCUT2D eigenvalue weighted by Gasteiger charge is 2.51. The number of hydrogen-bond acceptors (Lipinski definition) is 4. The Hall–Kier alpha value is -6.95. The zero-order valence-corrected chi connectivity index (χ0v) is 31.0. The van der Waals surface area contributed by atoms with Crippen molar-refractivity contribution < 1.29 is 0 Å². The van der Waals surface area contributed by atoms with Crippen molar-refractivity contribution in [2.24, 2.45) is 0 Å². The van der Waals surface area contributed by atoms with E-state index in [1.54, 1.807) is 0 Å². The maximum absolute atomic E-state index is 5.46. The minimum atomic E-state index is -0.607. The van der Waals surface area contributed by atoms with Gasteiger partial charge in [0.25, 0.3) is 0 Å². The second kappa shape index (κ2) is 12.0. The molecule has 12 rings (SSSR count). The summed E-state index contributed by atoms with van der Waals surface area (Å²) in [6, 6.07) is 70.1. The number of rotatable bonds is 3. The van der Waals surface area contributed by atoms with Crippen LogP contribution in [0.2, 0.25) is 0 Å². The molecule has 0 radical (unpaired) electrons. The van der Waals surface area contributed by atoms with Crippen LogP contribution in [-0.2, 0) is 5.41 Å². The van der Waals surface area contributed by atoms with Gasteiger partial charge in [-0.3, -0.25) is 4.57 Å². The van der Waals surface area contributed by atoms with Crippen molar-refractivity contribution in [3.05, 3.63) is 216 Å². The van der Waals surface area contributed by atoms with Crippen molar-refractivity contribution in [1.29, 1.82) is 0 Å². The van der Waals surface area contributed by atoms with Crippen molar-refractivity contribution in [1.82, 2.24) is 14.5 Å². The zero-order chi connectivity index (χ0) is 36.8. The van der Waals surface area contributed by atoms with Crippen LogP contribution in [0.1, 0.15) is 22.3 Å². The molecule has 2 aromatic heterocycles. The second-order valence-electron chi connectivity index (χ2n) is 14.5. The number of hydrogen-bond donors (Lipinski definition) is 0. The maximum atomic E-state index is 5.46. The molecule has 5 heteroatoms. The van der Waals surface area contributed by atoms with Crippen molar-refractivity contribution in [2.45, 2.75) is 15.2 Å². The predicted octanol–water partition coefficient (Wildman–Crippen LogP) is 13.0. The van der Waals surface area contributed by atoms with E-state index in [4.69, 9.17) is 9.97 Å². The standard InChI is InChI=1S/C51H32N4S/c1-3-17-33(18-4-1)47-37-22-7-12-26-42(37)52-50(53-47)55-43-27-13-8-21-35(43)36-31-32-41-49(48(36)55)56-46-30-16-11-25-40(46)51(41)38-23-9-14-28-44(38)54(34-19-5-2-6-20-34)45-29-15-10-24-39(45)51/h1-32H. The van der Waals surface area contributed by atoms with Crippen LogP contribution in [0.5, 0.6) is 0 Å². The summed E-state index contributed by atoms with van der Waals surface area (Å²) in [5.74, 6) is 0.662. The normalized spacial score (nSPS) is 13.8. The average molecular weight is 733 g/mol. The number of benzene rings is 8. The van der Waals surface area contributed by atoms with Crippen LogP contribution in [-0.4, -0.2) is 14.5 Å². The molecule has 262 valence electrons. The van der Waals surface area contributed by atoms with Gasteiger partial charge in [-0.2, -0.15) is 0 Å². The lowest BCUT2D eigenvalue weighted by Gasteiger charge is -2.49. The smallest absolute Gasteiger partial charge is 0.235 e. The van der Waals surface area contributed by atoms with Gasteiger partial charge in [-0.15, -0.1) is 0 Å². The fourth-order valence-electron chi connectivity index (χ4n) is 9.42. The van der Waals surface area contributed by atoms with Gasteiger partial charge in [0.1, 0.15) is 0 Å². The Kier molecular flexibility index (Phi) is 6.74. The first-order valence-corrected chi connectivity index (χ1v) is 19.8. The molecule has 2 aliphatic heterocycles. The Balaban J connectivity index is 1.23. The quantitative estimate of drug-likeness (QED) is 0.181. The van der Waals surface area contributed by atoms with Crippen molar-refractivity contribution in [3.8, 4) is 17.2 Å². The monoisotopic (exact) mass is 732 g/mol. The molecule has 0 atom stereocenters. The summed E-state index contributed by atoms with van der Waals surface area (Å²) in [5, 5.41) is 3.39. The Morgan fingerprint density at radius 1 is 0.446 bits per heavy atom. The Labute approximate surface area is 328 Å². The van der Waals surface area contributed by atoms with E-state index in [9.17, 15) is 0 Å². The molecule has 56 heavy (non-hydrogen) atoms. The summed E-state index contributed by atoms with van der Waals surface area (Å²) in [6.45, 7) is 0. The van der Waals surface area contributed by atoms with Gasteiger partial charge in [0, 0.05) is 37.2 Å². The highest BCUT2D eigenvalue weighted by atomic mass is 32.2. The molecule has 0 fully saturated rings. The molecule has 8 aromatic carbocycles. The zero-order valence-electron chi connectivity index (χ0n) is 30.2. The lowest BCUT2D eigenvalue weighted by molar-refractivity contribution is 0.693. The van der Waals surface area contributed by atoms with E-state index in [1.807, 2.05) is 11.8 Å². The van der Waals surface area contributed by atoms with E-state index < -0.39 is 5.41 Å². The van der Waals surface area contributed by atoms with Crippen LogP contribution in [0, 0.1) is 0 Å². The SMILES string of the molecule is c1ccc(-c2nc(-n3c4ccccc4c4ccc5c(c43)Sc3ccccc3C53c4ccccc4N(c4ccccc4)c4ccccc43)nc3ccccc23)cc1. The van der Waals surface area contributed by atoms with E-state index in [2.05, 4.69) is 204 Å². The molecule has 0 amide bonds. The van der Waals surface area contributed by atoms with E-state index in [1.165, 1.54) is 54.2 Å². The van der Waals surface area contributed by atoms with Crippen LogP contribution in [0.15, 0.2) is 204 Å². The molecule has 0 aliphatic carbocycles. The molecule has 0 saturated carbocycles. The molecule has 0 bridgehead atoms. The summed E-state index contributed by atoms with van der Waals surface area (Å²) in [4.78, 5) is 15.7. The van der Waals surface area contributed by atoms with E-state index in [0.29, 0.717) is 5.95 Å². The van der Waals surface area contributed by atoms with Crippen LogP contribution in [0.3, 0.4) is 0 Å². The first-order chi connectivity index (χ1) is 27.8. The second-order valence-corrected chi connectivity index (χ2v) is 15.6. The first-order valence-electron chi connectivity index (χ1n) is 19.0. The van der Waals surface area contributed by atoms with Crippen LogP contribution in [0.4, 0.5) is 17.1 Å². The van der Waals surface area contributed by atoms with Gasteiger partial charge in [-0.05, 0) is 64.7 Å². The molecule has 0 unspecified atom stereocenters. The molecule has 0 N–H and O–H groups in total. The first kappa shape index (κ1) is 31.4. The number of aromatic nitrogens is 3. The molecular formula is C51H32N4S. The Morgan fingerprint density at radius 2 is 1.05 bits per heavy atom. The molecule has 4 heterocycles. The van der Waals surface area contributed by atoms with Gasteiger partial charge in [-0.25, -0.2) is 9.97 Å². The summed E-state index contributed by atoms with van der Waals surface area (Å²) >= 11 is 1.86. The third kappa shape index (κ3) is 4.26. The third-order valence-corrected chi connectivity index (χ3v) is 12.8. The lowest BCUT2D eigenvalue weighted by Crippen LogP contribution is -2.39. The third-order valence-electron chi connectivity index (χ3n) is 11.6. The van der Waals surface area contributed by atoms with Crippen molar-refractivity contribution in [2.75, 3.05) is 4.90 Å². The largest absolute Gasteiger partial charge is 0.310 e. The number of anilines is 3. The van der Waals surface area contributed by atoms with Gasteiger partial charge in [0.2, 0.25) is 5.95 Å². The summed E-state index contributed by atoms with van der Waals surface area (Å²) in [7, 11) is 0. The Bertz CT molecular complexity index is 3140. The van der Waals surface area contributed by atoms with Crippen LogP contribution in [0.25, 0.3) is 49.9 Å². The van der Waals surface area contributed by atoms with Crippen molar-refractivity contribution in [3.63, 3.8) is 0 Å². The summed E-state index contributed by atoms with van der Waals surface area (Å²) in [5.41, 5.74) is 13.1. The summed E-state index contributed by atoms with van der Waals surface area (Å²) in [6.07, 6.45) is 0. The Morgan fingerprint density at radius 3 is 1.82 bits per heavy atom. The van der Waals surface area contributed by atoms with Gasteiger partial charge in [-0.1, -0.05) is 163 Å². The topological polar surface area (TPSA) is 34.0 Å². The van der Waals surface area contributed by atoms with Gasteiger partial charge >= 0.3 is 0 Å². The van der Waals surface area contributed by atoms with Gasteiger partial charge in [0.15, 0.2) is 0 Å². The van der Waals surface area contributed by atoms with Crippen LogP contribution >= 0.6 is 11.8 Å². The van der Waals surface area contributed by atoms with E-state index in [-0.39, 0.29) is 0 Å². The molecule has 0 saturated heterocycles. The number of fused-ring (bicyclic) bond motifs is 13. The predicted molar refractivity (Wildman–Crippen MR) is 230 cm³/mol. The molecule has 1 spiro atoms. The molecule has 4 nitrogen and oxygen atoms in total. The molecule has 10 aromatic rings. The number of para-hydroxylation sites is 5. The van der Waals surface area contributed by atoms with E-state index >= 15 is 0 Å². The maximum Gasteiger partial charge on any atom is 0.235 e. The summed E-state index contributed by atoms with van der Waals surface area (Å²) < 4.78 is 2.33. The minimum absolute atomic E-state index is 0.607. The average Bonchev–Trinajstić information content (AvgIpc) is 3.61. The van der Waals surface area contributed by atoms with Crippen molar-refractivity contribution >= 4 is 61.5 Å². The molecule has 2 aliphatic rings.